The van der Waals surface area contributed by atoms with Crippen molar-refractivity contribution in [1.29, 1.82) is 0 Å². The second-order valence-corrected chi connectivity index (χ2v) is 9.95. The Balaban J connectivity index is 1.88. The number of aryl methyl sites for hydroxylation is 1. The van der Waals surface area contributed by atoms with Gasteiger partial charge in [-0.05, 0) is 49.2 Å². The Bertz CT molecular complexity index is 1220. The Kier molecular flexibility index (Phi) is 7.26. The minimum absolute atomic E-state index is 0.171. The van der Waals surface area contributed by atoms with E-state index in [1.807, 2.05) is 29.2 Å². The van der Waals surface area contributed by atoms with E-state index in [4.69, 9.17) is 23.2 Å². The normalized spacial score (nSPS) is 12.8. The lowest BCUT2D eigenvalue weighted by Crippen LogP contribution is -2.36. The molecule has 7 nitrogen and oxygen atoms in total. The second-order valence-electron chi connectivity index (χ2n) is 7.34. The number of rotatable bonds is 8. The average molecular weight is 484 g/mol. The van der Waals surface area contributed by atoms with Gasteiger partial charge in [0, 0.05) is 15.6 Å². The summed E-state index contributed by atoms with van der Waals surface area (Å²) >= 11 is 12.3. The number of aliphatic hydroxyl groups excluding tert-OH is 1. The number of hydrogen-bond acceptors (Lipinski definition) is 5. The molecule has 0 aliphatic heterocycles. The fourth-order valence-corrected chi connectivity index (χ4v) is 4.94. The van der Waals surface area contributed by atoms with Gasteiger partial charge < -0.3 is 9.67 Å². The molecule has 1 aromatic heterocycles. The molecule has 0 saturated carbocycles. The molecule has 1 unspecified atom stereocenters. The van der Waals surface area contributed by atoms with E-state index >= 15 is 0 Å². The summed E-state index contributed by atoms with van der Waals surface area (Å²) in [7, 11) is -3.97. The molecule has 1 amide bonds. The number of nitrogens with zero attached hydrogens (tertiary/aromatic N) is 2. The van der Waals surface area contributed by atoms with Crippen molar-refractivity contribution >= 4 is 50.2 Å². The molecule has 166 valence electrons. The van der Waals surface area contributed by atoms with E-state index in [2.05, 4.69) is 4.98 Å². The number of sulfonamides is 1. The van der Waals surface area contributed by atoms with Gasteiger partial charge in [-0.2, -0.15) is 0 Å². The molecule has 1 heterocycles. The van der Waals surface area contributed by atoms with E-state index in [0.717, 1.165) is 5.56 Å². The van der Waals surface area contributed by atoms with Crippen LogP contribution in [-0.4, -0.2) is 40.8 Å². The summed E-state index contributed by atoms with van der Waals surface area (Å²) in [4.78, 5) is 17.1. The molecule has 0 saturated heterocycles. The Morgan fingerprint density at radius 3 is 2.65 bits per heavy atom. The van der Waals surface area contributed by atoms with Crippen molar-refractivity contribution in [3.8, 4) is 0 Å². The van der Waals surface area contributed by atoms with E-state index in [1.165, 1.54) is 6.07 Å². The zero-order chi connectivity index (χ0) is 22.8. The van der Waals surface area contributed by atoms with Crippen LogP contribution >= 0.6 is 23.2 Å². The van der Waals surface area contributed by atoms with Crippen LogP contribution in [0.2, 0.25) is 10.0 Å². The van der Waals surface area contributed by atoms with E-state index in [9.17, 15) is 18.3 Å². The number of benzene rings is 2. The van der Waals surface area contributed by atoms with Gasteiger partial charge in [0.05, 0.1) is 29.4 Å². The summed E-state index contributed by atoms with van der Waals surface area (Å²) in [5.41, 5.74) is 2.33. The quantitative estimate of drug-likeness (QED) is 0.505. The number of amides is 1. The van der Waals surface area contributed by atoms with Crippen LogP contribution in [-0.2, 0) is 16.6 Å². The Morgan fingerprint density at radius 1 is 1.23 bits per heavy atom. The first-order valence-electron chi connectivity index (χ1n) is 9.73. The first-order valence-corrected chi connectivity index (χ1v) is 12.1. The predicted octanol–water partition coefficient (Wildman–Crippen LogP) is 3.92. The maximum atomic E-state index is 12.6. The van der Waals surface area contributed by atoms with E-state index in [-0.39, 0.29) is 5.56 Å². The van der Waals surface area contributed by atoms with Crippen molar-refractivity contribution in [2.24, 2.45) is 0 Å². The van der Waals surface area contributed by atoms with Crippen LogP contribution in [0.3, 0.4) is 0 Å². The SMILES string of the molecule is CCCC(O)CS(=O)(=O)NC(=O)c1ccc2nc(C)n(Cc3ccc(Cl)cc3Cl)c2c1. The number of carbonyl (C=O) groups is 1. The maximum Gasteiger partial charge on any atom is 0.264 e. The number of carbonyl (C=O) groups excluding carboxylic acids is 1. The fourth-order valence-electron chi connectivity index (χ4n) is 3.32. The van der Waals surface area contributed by atoms with Crippen molar-refractivity contribution in [2.45, 2.75) is 39.3 Å². The molecule has 0 fully saturated rings. The highest BCUT2D eigenvalue weighted by atomic mass is 35.5. The van der Waals surface area contributed by atoms with E-state index in [1.54, 1.807) is 24.3 Å². The summed E-state index contributed by atoms with van der Waals surface area (Å²) < 4.78 is 28.3. The van der Waals surface area contributed by atoms with Crippen LogP contribution in [0.15, 0.2) is 36.4 Å². The summed E-state index contributed by atoms with van der Waals surface area (Å²) in [6.07, 6.45) is -0.0410. The number of fused-ring (bicyclic) bond motifs is 1. The van der Waals surface area contributed by atoms with Crippen molar-refractivity contribution in [2.75, 3.05) is 5.75 Å². The van der Waals surface area contributed by atoms with Crippen LogP contribution in [0.1, 0.15) is 41.5 Å². The topological polar surface area (TPSA) is 101 Å². The molecule has 0 bridgehead atoms. The van der Waals surface area contributed by atoms with Gasteiger partial charge >= 0.3 is 0 Å². The van der Waals surface area contributed by atoms with E-state index < -0.39 is 27.8 Å². The summed E-state index contributed by atoms with van der Waals surface area (Å²) in [6.45, 7) is 4.08. The van der Waals surface area contributed by atoms with Gasteiger partial charge in [-0.1, -0.05) is 42.6 Å². The maximum absolute atomic E-state index is 12.6. The molecule has 0 aliphatic rings. The predicted molar refractivity (Wildman–Crippen MR) is 122 cm³/mol. The third-order valence-electron chi connectivity index (χ3n) is 4.83. The van der Waals surface area contributed by atoms with Crippen LogP contribution < -0.4 is 4.72 Å². The summed E-state index contributed by atoms with van der Waals surface area (Å²) in [5.74, 6) is -0.574. The number of aromatic nitrogens is 2. The number of nitrogens with one attached hydrogen (secondary N) is 1. The highest BCUT2D eigenvalue weighted by Crippen LogP contribution is 2.25. The van der Waals surface area contributed by atoms with Gasteiger partial charge in [0.1, 0.15) is 5.82 Å². The summed E-state index contributed by atoms with van der Waals surface area (Å²) in [6, 6.07) is 9.99. The zero-order valence-electron chi connectivity index (χ0n) is 17.1. The van der Waals surface area contributed by atoms with Gasteiger partial charge in [0.25, 0.3) is 5.91 Å². The fraction of sp³-hybridized carbons (Fsp3) is 0.333. The van der Waals surface area contributed by atoms with Gasteiger partial charge in [-0.15, -0.1) is 0 Å². The number of imidazole rings is 1. The molecule has 10 heteroatoms. The van der Waals surface area contributed by atoms with Crippen molar-refractivity contribution in [1.82, 2.24) is 14.3 Å². The molecule has 3 aromatic rings. The van der Waals surface area contributed by atoms with Crippen LogP contribution in [0.25, 0.3) is 11.0 Å². The molecule has 2 aromatic carbocycles. The van der Waals surface area contributed by atoms with Crippen molar-refractivity contribution in [3.05, 3.63) is 63.4 Å². The minimum atomic E-state index is -3.97. The molecular formula is C21H23Cl2N3O4S. The largest absolute Gasteiger partial charge is 0.392 e. The van der Waals surface area contributed by atoms with Gasteiger partial charge in [0.2, 0.25) is 10.0 Å². The smallest absolute Gasteiger partial charge is 0.264 e. The molecular weight excluding hydrogens is 461 g/mol. The monoisotopic (exact) mass is 483 g/mol. The lowest BCUT2D eigenvalue weighted by atomic mass is 10.2. The Hall–Kier alpha value is -2.13. The number of aliphatic hydroxyl groups is 1. The summed E-state index contributed by atoms with van der Waals surface area (Å²) in [5, 5.41) is 10.8. The lowest BCUT2D eigenvalue weighted by molar-refractivity contribution is 0.0981. The van der Waals surface area contributed by atoms with Crippen LogP contribution in [0.4, 0.5) is 0 Å². The lowest BCUT2D eigenvalue weighted by Gasteiger charge is -2.12. The molecule has 3 rings (SSSR count). The Labute approximate surface area is 191 Å². The second kappa shape index (κ2) is 9.56. The molecule has 31 heavy (non-hydrogen) atoms. The molecule has 0 radical (unpaired) electrons. The standard InChI is InChI=1S/C21H23Cl2N3O4S/c1-3-4-17(27)12-31(29,30)25-21(28)14-6-8-19-20(9-14)26(13(2)24-19)11-15-5-7-16(22)10-18(15)23/h5-10,17,27H,3-4,11-12H2,1-2H3,(H,25,28). The average Bonchev–Trinajstić information content (AvgIpc) is 2.97. The first kappa shape index (κ1) is 23.5. The number of hydrogen-bond donors (Lipinski definition) is 2. The van der Waals surface area contributed by atoms with Crippen molar-refractivity contribution in [3.63, 3.8) is 0 Å². The van der Waals surface area contributed by atoms with Crippen LogP contribution in [0, 0.1) is 6.92 Å². The first-order chi connectivity index (χ1) is 14.6. The van der Waals surface area contributed by atoms with Crippen LogP contribution in [0.5, 0.6) is 0 Å². The van der Waals surface area contributed by atoms with E-state index in [0.29, 0.717) is 46.3 Å². The Morgan fingerprint density at radius 2 is 1.97 bits per heavy atom. The highest BCUT2D eigenvalue weighted by Gasteiger charge is 2.21. The van der Waals surface area contributed by atoms with Crippen molar-refractivity contribution < 1.29 is 18.3 Å². The van der Waals surface area contributed by atoms with Gasteiger partial charge in [-0.25, -0.2) is 18.1 Å². The zero-order valence-corrected chi connectivity index (χ0v) is 19.4. The molecule has 0 aliphatic carbocycles. The minimum Gasteiger partial charge on any atom is -0.392 e. The third kappa shape index (κ3) is 5.77. The van der Waals surface area contributed by atoms with Gasteiger partial charge in [-0.3, -0.25) is 4.79 Å². The number of halogens is 2. The molecule has 2 N–H and O–H groups in total. The third-order valence-corrected chi connectivity index (χ3v) is 6.73. The van der Waals surface area contributed by atoms with Gasteiger partial charge in [0.15, 0.2) is 0 Å². The highest BCUT2D eigenvalue weighted by molar-refractivity contribution is 7.90. The molecule has 0 spiro atoms. The molecule has 1 atom stereocenters.